The largest absolute Gasteiger partial charge is 0.490 e. The van der Waals surface area contributed by atoms with Crippen LogP contribution in [0.15, 0.2) is 18.2 Å². The standard InChI is InChI=1S/C20H20N2O7/c1-2-8-27-9-10-28-11-12-29-15-5-3-4-13-17(15)20(26)22(19(13)25)14-6-7-16(23)21-18(14)24/h1,3-5,14H,6-12H2,(H,21,23,24). The van der Waals surface area contributed by atoms with E-state index in [-0.39, 0.29) is 49.5 Å². The van der Waals surface area contributed by atoms with Gasteiger partial charge in [0.2, 0.25) is 11.8 Å². The van der Waals surface area contributed by atoms with Gasteiger partial charge in [-0.1, -0.05) is 12.0 Å². The minimum absolute atomic E-state index is 0.0650. The second-order valence-electron chi connectivity index (χ2n) is 6.34. The molecule has 2 heterocycles. The molecule has 1 N–H and O–H groups in total. The molecule has 1 atom stereocenters. The van der Waals surface area contributed by atoms with E-state index in [1.165, 1.54) is 6.07 Å². The highest BCUT2D eigenvalue weighted by atomic mass is 16.5. The van der Waals surface area contributed by atoms with Crippen molar-refractivity contribution < 1.29 is 33.4 Å². The number of rotatable bonds is 9. The summed E-state index contributed by atoms with van der Waals surface area (Å²) in [5.74, 6) is 0.323. The van der Waals surface area contributed by atoms with Gasteiger partial charge in [-0.3, -0.25) is 29.4 Å². The minimum Gasteiger partial charge on any atom is -0.490 e. The van der Waals surface area contributed by atoms with Gasteiger partial charge in [-0.15, -0.1) is 6.42 Å². The van der Waals surface area contributed by atoms with Gasteiger partial charge in [-0.2, -0.15) is 0 Å². The number of carbonyl (C=O) groups is 4. The van der Waals surface area contributed by atoms with Crippen LogP contribution in [-0.4, -0.2) is 67.6 Å². The average molecular weight is 400 g/mol. The summed E-state index contributed by atoms with van der Waals surface area (Å²) in [6, 6.07) is 3.67. The Hall–Kier alpha value is -3.22. The van der Waals surface area contributed by atoms with E-state index in [0.29, 0.717) is 13.2 Å². The highest BCUT2D eigenvalue weighted by Gasteiger charge is 2.45. The molecule has 1 saturated heterocycles. The van der Waals surface area contributed by atoms with Crippen LogP contribution in [0.5, 0.6) is 5.75 Å². The third-order valence-corrected chi connectivity index (χ3v) is 4.47. The molecule has 9 nitrogen and oxygen atoms in total. The first-order valence-corrected chi connectivity index (χ1v) is 9.11. The number of hydrogen-bond donors (Lipinski definition) is 1. The fourth-order valence-electron chi connectivity index (χ4n) is 3.17. The lowest BCUT2D eigenvalue weighted by Crippen LogP contribution is -2.54. The number of imide groups is 2. The number of piperidine rings is 1. The molecule has 0 spiro atoms. The summed E-state index contributed by atoms with van der Waals surface area (Å²) in [7, 11) is 0. The molecule has 1 fully saturated rings. The first-order chi connectivity index (χ1) is 14.0. The highest BCUT2D eigenvalue weighted by Crippen LogP contribution is 2.33. The molecular formula is C20H20N2O7. The molecule has 29 heavy (non-hydrogen) atoms. The molecule has 9 heteroatoms. The van der Waals surface area contributed by atoms with Crippen LogP contribution >= 0.6 is 0 Å². The number of amides is 4. The number of carbonyl (C=O) groups excluding carboxylic acids is 4. The Bertz CT molecular complexity index is 874. The maximum Gasteiger partial charge on any atom is 0.266 e. The van der Waals surface area contributed by atoms with E-state index in [2.05, 4.69) is 11.2 Å². The Labute approximate surface area is 167 Å². The Morgan fingerprint density at radius 1 is 1.07 bits per heavy atom. The summed E-state index contributed by atoms with van der Waals surface area (Å²) in [4.78, 5) is 50.0. The van der Waals surface area contributed by atoms with Gasteiger partial charge in [0, 0.05) is 6.42 Å². The molecule has 1 aromatic carbocycles. The van der Waals surface area contributed by atoms with Crippen LogP contribution in [0.4, 0.5) is 0 Å². The van der Waals surface area contributed by atoms with E-state index in [1.54, 1.807) is 12.1 Å². The molecule has 0 radical (unpaired) electrons. The van der Waals surface area contributed by atoms with Crippen LogP contribution in [0, 0.1) is 12.3 Å². The molecule has 0 saturated carbocycles. The molecule has 152 valence electrons. The quantitative estimate of drug-likeness (QED) is 0.356. The van der Waals surface area contributed by atoms with E-state index in [9.17, 15) is 19.2 Å². The molecule has 1 unspecified atom stereocenters. The van der Waals surface area contributed by atoms with Crippen molar-refractivity contribution in [3.63, 3.8) is 0 Å². The first kappa shape index (κ1) is 20.5. The van der Waals surface area contributed by atoms with Gasteiger partial charge in [0.05, 0.1) is 30.9 Å². The van der Waals surface area contributed by atoms with Crippen molar-refractivity contribution in [2.45, 2.75) is 18.9 Å². The molecule has 2 aliphatic heterocycles. The lowest BCUT2D eigenvalue weighted by Gasteiger charge is -2.27. The van der Waals surface area contributed by atoms with Crippen LogP contribution in [0.1, 0.15) is 33.6 Å². The number of fused-ring (bicyclic) bond motifs is 1. The number of terminal acetylenes is 1. The van der Waals surface area contributed by atoms with E-state index in [0.717, 1.165) is 4.90 Å². The third kappa shape index (κ3) is 4.45. The number of nitrogens with zero attached hydrogens (tertiary/aromatic N) is 1. The van der Waals surface area contributed by atoms with Crippen LogP contribution < -0.4 is 10.1 Å². The van der Waals surface area contributed by atoms with Gasteiger partial charge in [-0.25, -0.2) is 0 Å². The summed E-state index contributed by atoms with van der Waals surface area (Å²) in [5.41, 5.74) is 0.278. The van der Waals surface area contributed by atoms with Crippen molar-refractivity contribution in [1.29, 1.82) is 0 Å². The van der Waals surface area contributed by atoms with Gasteiger partial charge >= 0.3 is 0 Å². The van der Waals surface area contributed by atoms with E-state index in [1.807, 2.05) is 0 Å². The van der Waals surface area contributed by atoms with E-state index in [4.69, 9.17) is 20.6 Å². The van der Waals surface area contributed by atoms with Crippen molar-refractivity contribution in [1.82, 2.24) is 10.2 Å². The zero-order valence-corrected chi connectivity index (χ0v) is 15.6. The molecule has 0 aliphatic carbocycles. The van der Waals surface area contributed by atoms with Crippen LogP contribution in [0.2, 0.25) is 0 Å². The summed E-state index contributed by atoms with van der Waals surface area (Å²) >= 11 is 0. The van der Waals surface area contributed by atoms with Gasteiger partial charge in [0.1, 0.15) is 25.0 Å². The Kier molecular flexibility index (Phi) is 6.59. The average Bonchev–Trinajstić information content (AvgIpc) is 2.95. The fourth-order valence-corrected chi connectivity index (χ4v) is 3.17. The fraction of sp³-hybridized carbons (Fsp3) is 0.400. The van der Waals surface area contributed by atoms with Crippen LogP contribution in [0.25, 0.3) is 0 Å². The normalized spacial score (nSPS) is 18.4. The van der Waals surface area contributed by atoms with Gasteiger partial charge < -0.3 is 14.2 Å². The summed E-state index contributed by atoms with van der Waals surface area (Å²) < 4.78 is 16.0. The predicted octanol–water partition coefficient (Wildman–Crippen LogP) is 0.133. The van der Waals surface area contributed by atoms with Crippen LogP contribution in [0.3, 0.4) is 0 Å². The second kappa shape index (κ2) is 9.32. The molecule has 0 bridgehead atoms. The molecule has 0 aromatic heterocycles. The van der Waals surface area contributed by atoms with Gasteiger partial charge in [0.25, 0.3) is 11.8 Å². The zero-order valence-electron chi connectivity index (χ0n) is 15.6. The molecular weight excluding hydrogens is 380 g/mol. The number of benzene rings is 1. The zero-order chi connectivity index (χ0) is 20.8. The number of nitrogens with one attached hydrogen (secondary N) is 1. The highest BCUT2D eigenvalue weighted by molar-refractivity contribution is 6.24. The smallest absolute Gasteiger partial charge is 0.266 e. The first-order valence-electron chi connectivity index (χ1n) is 9.11. The van der Waals surface area contributed by atoms with E-state index >= 15 is 0 Å². The summed E-state index contributed by atoms with van der Waals surface area (Å²) in [6.45, 7) is 1.33. The van der Waals surface area contributed by atoms with E-state index < -0.39 is 29.7 Å². The van der Waals surface area contributed by atoms with Crippen molar-refractivity contribution in [2.75, 3.05) is 33.0 Å². The molecule has 2 aliphatic rings. The Morgan fingerprint density at radius 2 is 1.83 bits per heavy atom. The molecule has 1 aromatic rings. The third-order valence-electron chi connectivity index (χ3n) is 4.47. The van der Waals surface area contributed by atoms with Crippen molar-refractivity contribution in [3.8, 4) is 18.1 Å². The van der Waals surface area contributed by atoms with Crippen LogP contribution in [-0.2, 0) is 19.1 Å². The summed E-state index contributed by atoms with van der Waals surface area (Å²) in [5, 5.41) is 2.16. The summed E-state index contributed by atoms with van der Waals surface area (Å²) in [6.07, 6.45) is 5.23. The predicted molar refractivity (Wildman–Crippen MR) is 99.1 cm³/mol. The van der Waals surface area contributed by atoms with Crippen molar-refractivity contribution in [2.24, 2.45) is 0 Å². The minimum atomic E-state index is -1.01. The Morgan fingerprint density at radius 3 is 2.59 bits per heavy atom. The van der Waals surface area contributed by atoms with Gasteiger partial charge in [-0.05, 0) is 18.6 Å². The molecule has 4 amide bonds. The maximum absolute atomic E-state index is 12.9. The lowest BCUT2D eigenvalue weighted by atomic mass is 10.0. The molecule has 3 rings (SSSR count). The second-order valence-corrected chi connectivity index (χ2v) is 6.34. The maximum atomic E-state index is 12.9. The Balaban J connectivity index is 1.62. The monoisotopic (exact) mass is 400 g/mol. The van der Waals surface area contributed by atoms with Crippen molar-refractivity contribution >= 4 is 23.6 Å². The SMILES string of the molecule is C#CCOCCOCCOc1cccc2c1C(=O)N(C1CCC(=O)NC1=O)C2=O. The topological polar surface area (TPSA) is 111 Å². The van der Waals surface area contributed by atoms with Crippen molar-refractivity contribution in [3.05, 3.63) is 29.3 Å². The lowest BCUT2D eigenvalue weighted by molar-refractivity contribution is -0.136. The number of ether oxygens (including phenoxy) is 3. The number of hydrogen-bond acceptors (Lipinski definition) is 7. The van der Waals surface area contributed by atoms with Gasteiger partial charge in [0.15, 0.2) is 0 Å².